The SMILES string of the molecule is CCCCCC(Br)C(=O)[O-].[Na+]. The van der Waals surface area contributed by atoms with Crippen LogP contribution in [-0.2, 0) is 4.79 Å². The smallest absolute Gasteiger partial charge is 0.549 e. The van der Waals surface area contributed by atoms with Gasteiger partial charge in [-0.15, -0.1) is 0 Å². The molecule has 0 aliphatic heterocycles. The number of alkyl halides is 1. The molecule has 0 saturated heterocycles. The van der Waals surface area contributed by atoms with Crippen LogP contribution in [0.15, 0.2) is 0 Å². The van der Waals surface area contributed by atoms with E-state index in [1.807, 2.05) is 0 Å². The van der Waals surface area contributed by atoms with Crippen molar-refractivity contribution < 1.29 is 39.5 Å². The van der Waals surface area contributed by atoms with Gasteiger partial charge in [0.2, 0.25) is 0 Å². The number of carbonyl (C=O) groups is 1. The zero-order valence-electron chi connectivity index (χ0n) is 7.10. The third kappa shape index (κ3) is 8.86. The fourth-order valence-electron chi connectivity index (χ4n) is 0.691. The first-order chi connectivity index (χ1) is 4.68. The number of carboxylic acid groups (broad SMARTS) is 1. The molecule has 0 bridgehead atoms. The summed E-state index contributed by atoms with van der Waals surface area (Å²) in [5.74, 6) is -1.00. The molecule has 1 atom stereocenters. The van der Waals surface area contributed by atoms with E-state index in [1.165, 1.54) is 0 Å². The topological polar surface area (TPSA) is 40.1 Å². The van der Waals surface area contributed by atoms with Gasteiger partial charge >= 0.3 is 29.6 Å². The van der Waals surface area contributed by atoms with Crippen molar-refractivity contribution in [3.63, 3.8) is 0 Å². The van der Waals surface area contributed by atoms with E-state index in [1.54, 1.807) is 0 Å². The van der Waals surface area contributed by atoms with Crippen LogP contribution in [0.1, 0.15) is 32.6 Å². The monoisotopic (exact) mass is 230 g/mol. The number of hydrogen-bond acceptors (Lipinski definition) is 2. The van der Waals surface area contributed by atoms with Crippen molar-refractivity contribution in [1.82, 2.24) is 0 Å². The summed E-state index contributed by atoms with van der Waals surface area (Å²) in [4.78, 5) is 9.68. The largest absolute Gasteiger partial charge is 1.00 e. The Morgan fingerprint density at radius 2 is 2.09 bits per heavy atom. The second-order valence-corrected chi connectivity index (χ2v) is 3.39. The van der Waals surface area contributed by atoms with E-state index in [0.717, 1.165) is 19.3 Å². The van der Waals surface area contributed by atoms with Gasteiger partial charge in [0.05, 0.1) is 10.8 Å². The molecule has 0 aromatic heterocycles. The molecule has 4 heteroatoms. The van der Waals surface area contributed by atoms with Crippen molar-refractivity contribution >= 4 is 21.9 Å². The van der Waals surface area contributed by atoms with E-state index < -0.39 is 10.8 Å². The maximum absolute atomic E-state index is 10.1. The average Bonchev–Trinajstić information content (AvgIpc) is 1.88. The van der Waals surface area contributed by atoms with E-state index in [9.17, 15) is 9.90 Å². The third-order valence-electron chi connectivity index (χ3n) is 1.32. The molecule has 0 aliphatic carbocycles. The standard InChI is InChI=1S/C7H13BrO2.Na/c1-2-3-4-5-6(8)7(9)10;/h6H,2-5H2,1H3,(H,9,10);/q;+1/p-1. The molecule has 0 amide bonds. The average molecular weight is 231 g/mol. The number of halogens is 1. The quantitative estimate of drug-likeness (QED) is 0.314. The molecule has 0 spiro atoms. The van der Waals surface area contributed by atoms with Gasteiger partial charge in [-0.2, -0.15) is 0 Å². The Hall–Kier alpha value is 0.950. The second kappa shape index (κ2) is 9.04. The molecule has 60 valence electrons. The Balaban J connectivity index is 0. The van der Waals surface area contributed by atoms with Gasteiger partial charge in [0.15, 0.2) is 0 Å². The first kappa shape index (κ1) is 14.5. The number of hydrogen-bond donors (Lipinski definition) is 0. The summed E-state index contributed by atoms with van der Waals surface area (Å²) in [6.45, 7) is 2.09. The van der Waals surface area contributed by atoms with Gasteiger partial charge in [-0.05, 0) is 6.42 Å². The van der Waals surface area contributed by atoms with Crippen LogP contribution in [0.25, 0.3) is 0 Å². The molecule has 0 heterocycles. The molecule has 0 aromatic carbocycles. The normalized spacial score (nSPS) is 11.8. The van der Waals surface area contributed by atoms with Crippen LogP contribution in [0.2, 0.25) is 0 Å². The zero-order valence-corrected chi connectivity index (χ0v) is 10.7. The van der Waals surface area contributed by atoms with Crippen LogP contribution >= 0.6 is 15.9 Å². The van der Waals surface area contributed by atoms with Crippen molar-refractivity contribution in [2.24, 2.45) is 0 Å². The van der Waals surface area contributed by atoms with Gasteiger partial charge in [0, 0.05) is 0 Å². The van der Waals surface area contributed by atoms with Gasteiger partial charge in [-0.1, -0.05) is 42.1 Å². The minimum Gasteiger partial charge on any atom is -0.549 e. The number of carbonyl (C=O) groups excluding carboxylic acids is 1. The first-order valence-corrected chi connectivity index (χ1v) is 4.45. The molecular formula is C7H12BrNaO2. The molecule has 1 unspecified atom stereocenters. The minimum atomic E-state index is -1.00. The van der Waals surface area contributed by atoms with Crippen molar-refractivity contribution in [1.29, 1.82) is 0 Å². The number of unbranched alkanes of at least 4 members (excludes halogenated alkanes) is 2. The predicted octanol–water partition coefficient (Wildman–Crippen LogP) is -1.92. The summed E-state index contributed by atoms with van der Waals surface area (Å²) in [6.07, 6.45) is 3.85. The number of carboxylic acids is 1. The van der Waals surface area contributed by atoms with Crippen LogP contribution in [-0.4, -0.2) is 10.8 Å². The minimum absolute atomic E-state index is 0. The maximum atomic E-state index is 10.1. The van der Waals surface area contributed by atoms with Crippen molar-refractivity contribution in [3.8, 4) is 0 Å². The Morgan fingerprint density at radius 1 is 1.55 bits per heavy atom. The molecule has 0 fully saturated rings. The molecule has 0 aromatic rings. The van der Waals surface area contributed by atoms with E-state index in [-0.39, 0.29) is 29.6 Å². The van der Waals surface area contributed by atoms with Gasteiger partial charge in [0.1, 0.15) is 0 Å². The molecule has 2 nitrogen and oxygen atoms in total. The fraction of sp³-hybridized carbons (Fsp3) is 0.857. The summed E-state index contributed by atoms with van der Waals surface area (Å²) in [5.41, 5.74) is 0. The molecular weight excluding hydrogens is 219 g/mol. The Labute approximate surface area is 98.2 Å². The Kier molecular flexibility index (Phi) is 11.9. The third-order valence-corrected chi connectivity index (χ3v) is 2.15. The van der Waals surface area contributed by atoms with E-state index >= 15 is 0 Å². The first-order valence-electron chi connectivity index (χ1n) is 3.53. The van der Waals surface area contributed by atoms with Gasteiger partial charge in [0.25, 0.3) is 0 Å². The van der Waals surface area contributed by atoms with E-state index in [0.29, 0.717) is 6.42 Å². The summed E-state index contributed by atoms with van der Waals surface area (Å²) in [6, 6.07) is 0. The van der Waals surface area contributed by atoms with Gasteiger partial charge in [-0.3, -0.25) is 0 Å². The van der Waals surface area contributed by atoms with Gasteiger partial charge in [-0.25, -0.2) is 0 Å². The molecule has 0 N–H and O–H groups in total. The van der Waals surface area contributed by atoms with E-state index in [2.05, 4.69) is 22.9 Å². The molecule has 0 rings (SSSR count). The summed E-state index contributed by atoms with van der Waals surface area (Å²) in [5, 5.41) is 10.1. The molecule has 0 saturated carbocycles. The maximum Gasteiger partial charge on any atom is 1.00 e. The Bertz CT molecular complexity index is 109. The Morgan fingerprint density at radius 3 is 2.45 bits per heavy atom. The predicted molar refractivity (Wildman–Crippen MR) is 41.9 cm³/mol. The molecule has 0 aliphatic rings. The summed E-state index contributed by atoms with van der Waals surface area (Å²) >= 11 is 3.01. The fourth-order valence-corrected chi connectivity index (χ4v) is 1.02. The van der Waals surface area contributed by atoms with Crippen molar-refractivity contribution in [2.45, 2.75) is 37.4 Å². The van der Waals surface area contributed by atoms with Gasteiger partial charge < -0.3 is 9.90 Å². The zero-order chi connectivity index (χ0) is 7.98. The molecule has 11 heavy (non-hydrogen) atoms. The van der Waals surface area contributed by atoms with Crippen LogP contribution in [0.5, 0.6) is 0 Å². The van der Waals surface area contributed by atoms with Crippen molar-refractivity contribution in [2.75, 3.05) is 0 Å². The van der Waals surface area contributed by atoms with Crippen LogP contribution in [0.3, 0.4) is 0 Å². The van der Waals surface area contributed by atoms with Crippen LogP contribution in [0, 0.1) is 0 Å². The summed E-state index contributed by atoms with van der Waals surface area (Å²) < 4.78 is 0. The van der Waals surface area contributed by atoms with Crippen molar-refractivity contribution in [3.05, 3.63) is 0 Å². The molecule has 0 radical (unpaired) electrons. The number of aliphatic carboxylic acids is 1. The second-order valence-electron chi connectivity index (χ2n) is 2.28. The van der Waals surface area contributed by atoms with Crippen LogP contribution in [0.4, 0.5) is 0 Å². The van der Waals surface area contributed by atoms with E-state index in [4.69, 9.17) is 0 Å². The number of rotatable bonds is 5. The van der Waals surface area contributed by atoms with Crippen LogP contribution < -0.4 is 34.7 Å². The summed E-state index contributed by atoms with van der Waals surface area (Å²) in [7, 11) is 0.